The first-order valence-electron chi connectivity index (χ1n) is 14.3. The molecular formula is C35H46N4O5. The molecule has 9 nitrogen and oxygen atoms in total. The van der Waals surface area contributed by atoms with Crippen LogP contribution in [0.4, 0.5) is 9.59 Å². The third kappa shape index (κ3) is 11.6. The molecule has 0 spiro atoms. The first-order chi connectivity index (χ1) is 20.4. The van der Waals surface area contributed by atoms with Gasteiger partial charge >= 0.3 is 12.2 Å². The molecule has 0 radical (unpaired) electrons. The van der Waals surface area contributed by atoms with Gasteiger partial charge in [0.15, 0.2) is 5.78 Å². The number of allylic oxidation sites excluding steroid dienone is 5. The number of amides is 2. The van der Waals surface area contributed by atoms with Gasteiger partial charge in [0.25, 0.3) is 0 Å². The molecule has 0 aliphatic rings. The van der Waals surface area contributed by atoms with Gasteiger partial charge in [-0.25, -0.2) is 9.59 Å². The van der Waals surface area contributed by atoms with Gasteiger partial charge in [0.05, 0.1) is 6.54 Å². The minimum Gasteiger partial charge on any atom is -0.443 e. The molecule has 0 aliphatic heterocycles. The molecule has 0 fully saturated rings. The molecular weight excluding hydrogens is 556 g/mol. The molecule has 9 heteroatoms. The van der Waals surface area contributed by atoms with Gasteiger partial charge in [-0.1, -0.05) is 61.2 Å². The highest BCUT2D eigenvalue weighted by Gasteiger charge is 2.33. The number of ether oxygens (including phenoxy) is 2. The number of hydrogen-bond acceptors (Lipinski definition) is 8. The van der Waals surface area contributed by atoms with E-state index in [1.165, 1.54) is 12.2 Å². The number of carbonyl (C=O) groups excluding carboxylic acids is 3. The van der Waals surface area contributed by atoms with Gasteiger partial charge in [-0.2, -0.15) is 4.90 Å². The minimum atomic E-state index is -0.975. The second kappa shape index (κ2) is 15.2. The van der Waals surface area contributed by atoms with E-state index in [9.17, 15) is 14.4 Å². The first kappa shape index (κ1) is 35.6. The maximum absolute atomic E-state index is 13.0. The number of nitrogens with two attached hydrogens (primary N) is 2. The molecule has 2 amide bonds. The fourth-order valence-corrected chi connectivity index (χ4v) is 4.01. The van der Waals surface area contributed by atoms with Crippen molar-refractivity contribution in [3.8, 4) is 0 Å². The molecule has 4 N–H and O–H groups in total. The standard InChI is InChI=1S/C35H46N4O5/c1-10-13-25(22-38(9)23-30(40)28-17-16-26-14-11-12-15-27(26)21-28)20-24(2)29(36)18-19-31(37)39(32(41)43-34(3,4)5)33(42)44-35(6,7)8/h10-21H,1,22-23,36-37H2,2-9H3/b24-20+,25-13+,29-18-,31-19+. The molecule has 0 unspecified atom stereocenters. The van der Waals surface area contributed by atoms with Crippen molar-refractivity contribution in [1.29, 1.82) is 0 Å². The number of ketones is 1. The second-order valence-electron chi connectivity index (χ2n) is 12.5. The largest absolute Gasteiger partial charge is 0.443 e. The van der Waals surface area contributed by atoms with Crippen LogP contribution in [0.1, 0.15) is 58.8 Å². The van der Waals surface area contributed by atoms with E-state index in [0.717, 1.165) is 16.3 Å². The van der Waals surface area contributed by atoms with Crippen molar-refractivity contribution in [2.24, 2.45) is 11.5 Å². The summed E-state index contributed by atoms with van der Waals surface area (Å²) >= 11 is 0. The molecule has 0 aliphatic carbocycles. The van der Waals surface area contributed by atoms with E-state index in [0.29, 0.717) is 28.3 Å². The van der Waals surface area contributed by atoms with E-state index in [1.807, 2.05) is 73.5 Å². The fourth-order valence-electron chi connectivity index (χ4n) is 4.01. The Balaban J connectivity index is 2.21. The normalized spacial score (nSPS) is 13.6. The van der Waals surface area contributed by atoms with E-state index >= 15 is 0 Å². The molecule has 0 bridgehead atoms. The summed E-state index contributed by atoms with van der Waals surface area (Å²) in [7, 11) is 1.86. The highest BCUT2D eigenvalue weighted by molar-refractivity contribution is 6.01. The van der Waals surface area contributed by atoms with Crippen molar-refractivity contribution in [3.63, 3.8) is 0 Å². The van der Waals surface area contributed by atoms with E-state index in [2.05, 4.69) is 6.58 Å². The predicted molar refractivity (Wildman–Crippen MR) is 177 cm³/mol. The highest BCUT2D eigenvalue weighted by atomic mass is 16.6. The molecule has 2 aromatic rings. The number of likely N-dealkylation sites (N-methyl/N-ethyl adjacent to an activating group) is 1. The Labute approximate surface area is 261 Å². The lowest BCUT2D eigenvalue weighted by atomic mass is 10.0. The Hall–Kier alpha value is -4.63. The van der Waals surface area contributed by atoms with Crippen LogP contribution in [0.15, 0.2) is 102 Å². The van der Waals surface area contributed by atoms with Crippen LogP contribution in [0.5, 0.6) is 0 Å². The average molecular weight is 603 g/mol. The summed E-state index contributed by atoms with van der Waals surface area (Å²) in [6, 6.07) is 13.6. The monoisotopic (exact) mass is 602 g/mol. The number of carbonyl (C=O) groups is 3. The summed E-state index contributed by atoms with van der Waals surface area (Å²) in [6.07, 6.45) is 6.25. The van der Waals surface area contributed by atoms with Crippen molar-refractivity contribution in [2.45, 2.75) is 59.7 Å². The zero-order valence-electron chi connectivity index (χ0n) is 27.1. The van der Waals surface area contributed by atoms with Crippen LogP contribution < -0.4 is 11.5 Å². The van der Waals surface area contributed by atoms with Crippen molar-refractivity contribution in [1.82, 2.24) is 9.80 Å². The van der Waals surface area contributed by atoms with Crippen LogP contribution >= 0.6 is 0 Å². The predicted octanol–water partition coefficient (Wildman–Crippen LogP) is 6.83. The van der Waals surface area contributed by atoms with E-state index in [4.69, 9.17) is 20.9 Å². The zero-order valence-corrected chi connectivity index (χ0v) is 27.1. The first-order valence-corrected chi connectivity index (χ1v) is 14.3. The van der Waals surface area contributed by atoms with Crippen LogP contribution in [0.3, 0.4) is 0 Å². The van der Waals surface area contributed by atoms with Gasteiger partial charge in [-0.3, -0.25) is 9.69 Å². The number of Topliss-reactive ketones (excluding diaryl/α,β-unsaturated/α-hetero) is 1. The number of imide groups is 1. The van der Waals surface area contributed by atoms with Crippen molar-refractivity contribution in [3.05, 3.63) is 108 Å². The maximum atomic E-state index is 13.0. The van der Waals surface area contributed by atoms with Crippen molar-refractivity contribution >= 4 is 28.7 Å². The topological polar surface area (TPSA) is 128 Å². The molecule has 2 rings (SSSR count). The molecule has 2 aromatic carbocycles. The molecule has 0 heterocycles. The number of benzene rings is 2. The Morgan fingerprint density at radius 3 is 1.95 bits per heavy atom. The lowest BCUT2D eigenvalue weighted by molar-refractivity contribution is 0.00804. The highest BCUT2D eigenvalue weighted by Crippen LogP contribution is 2.19. The molecule has 0 aromatic heterocycles. The van der Waals surface area contributed by atoms with Crippen molar-refractivity contribution < 1.29 is 23.9 Å². The minimum absolute atomic E-state index is 0.0106. The molecule has 236 valence electrons. The van der Waals surface area contributed by atoms with Crippen LogP contribution in [0.25, 0.3) is 10.8 Å². The molecule has 0 saturated heterocycles. The van der Waals surface area contributed by atoms with Gasteiger partial charge in [-0.05, 0) is 95.7 Å². The zero-order chi connectivity index (χ0) is 33.2. The smallest absolute Gasteiger partial charge is 0.425 e. The van der Waals surface area contributed by atoms with Crippen LogP contribution in [0, 0.1) is 0 Å². The quantitative estimate of drug-likeness (QED) is 0.224. The van der Waals surface area contributed by atoms with Crippen molar-refractivity contribution in [2.75, 3.05) is 20.1 Å². The summed E-state index contributed by atoms with van der Waals surface area (Å²) in [5.74, 6) is -0.213. The lowest BCUT2D eigenvalue weighted by Gasteiger charge is -2.28. The van der Waals surface area contributed by atoms with Crippen LogP contribution in [-0.2, 0) is 9.47 Å². The Kier molecular flexibility index (Phi) is 12.3. The number of nitrogens with zero attached hydrogens (tertiary/aromatic N) is 2. The third-order valence-electron chi connectivity index (χ3n) is 5.97. The van der Waals surface area contributed by atoms with Crippen LogP contribution in [0.2, 0.25) is 0 Å². The van der Waals surface area contributed by atoms with Gasteiger partial charge in [0, 0.05) is 17.8 Å². The number of fused-ring (bicyclic) bond motifs is 1. The van der Waals surface area contributed by atoms with Gasteiger partial charge in [0.2, 0.25) is 0 Å². The molecule has 0 saturated carbocycles. The summed E-state index contributed by atoms with van der Waals surface area (Å²) in [5, 5.41) is 2.10. The van der Waals surface area contributed by atoms with Gasteiger partial charge < -0.3 is 20.9 Å². The Bertz CT molecular complexity index is 1470. The second-order valence-corrected chi connectivity index (χ2v) is 12.5. The molecule has 0 atom stereocenters. The SMILES string of the molecule is C=C\C=C(/C=C(C)/C(N)=C/C=C(\N)N(C(=O)OC(C)(C)C)C(=O)OC(C)(C)C)CN(C)CC(=O)c1ccc2ccccc2c1. The average Bonchev–Trinajstić information content (AvgIpc) is 2.89. The lowest BCUT2D eigenvalue weighted by Crippen LogP contribution is -2.44. The summed E-state index contributed by atoms with van der Waals surface area (Å²) in [4.78, 5) is 41.2. The fraction of sp³-hybridized carbons (Fsp3) is 0.343. The van der Waals surface area contributed by atoms with Gasteiger partial charge in [-0.15, -0.1) is 0 Å². The Morgan fingerprint density at radius 2 is 1.41 bits per heavy atom. The van der Waals surface area contributed by atoms with Gasteiger partial charge in [0.1, 0.15) is 17.0 Å². The third-order valence-corrected chi connectivity index (χ3v) is 5.97. The van der Waals surface area contributed by atoms with E-state index in [1.54, 1.807) is 47.6 Å². The van der Waals surface area contributed by atoms with E-state index in [-0.39, 0.29) is 18.1 Å². The van der Waals surface area contributed by atoms with Crippen LogP contribution in [-0.4, -0.2) is 59.1 Å². The summed E-state index contributed by atoms with van der Waals surface area (Å²) < 4.78 is 10.7. The summed E-state index contributed by atoms with van der Waals surface area (Å²) in [5.41, 5.74) is 13.3. The number of rotatable bonds is 10. The van der Waals surface area contributed by atoms with E-state index < -0.39 is 23.4 Å². The summed E-state index contributed by atoms with van der Waals surface area (Å²) in [6.45, 7) is 16.3. The number of hydrogen-bond donors (Lipinski definition) is 2. The molecule has 44 heavy (non-hydrogen) atoms. The maximum Gasteiger partial charge on any atom is 0.425 e. The Morgan fingerprint density at radius 1 is 0.841 bits per heavy atom.